The van der Waals surface area contributed by atoms with Crippen LogP contribution in [0, 0.1) is 0 Å². The molecule has 80 valence electrons. The van der Waals surface area contributed by atoms with Crippen molar-refractivity contribution in [3.8, 4) is 0 Å². The van der Waals surface area contributed by atoms with Crippen molar-refractivity contribution in [3.05, 3.63) is 36.1 Å². The summed E-state index contributed by atoms with van der Waals surface area (Å²) in [4.78, 5) is 2.20. The van der Waals surface area contributed by atoms with E-state index in [2.05, 4.69) is 38.1 Å². The van der Waals surface area contributed by atoms with Crippen LogP contribution in [0.25, 0.3) is 11.0 Å². The first-order valence-electron chi connectivity index (χ1n) is 5.30. The zero-order valence-electron chi connectivity index (χ0n) is 9.53. The molecule has 2 aromatic rings. The van der Waals surface area contributed by atoms with Gasteiger partial charge in [0.2, 0.25) is 0 Å². The molecule has 0 aliphatic carbocycles. The molecule has 0 amide bonds. The van der Waals surface area contributed by atoms with Crippen molar-refractivity contribution in [1.82, 2.24) is 4.90 Å². The first kappa shape index (κ1) is 10.2. The van der Waals surface area contributed by atoms with E-state index < -0.39 is 0 Å². The number of hydrogen-bond donors (Lipinski definition) is 0. The summed E-state index contributed by atoms with van der Waals surface area (Å²) in [5.41, 5.74) is 0.985. The second-order valence-electron chi connectivity index (χ2n) is 4.27. The van der Waals surface area contributed by atoms with E-state index in [-0.39, 0.29) is 0 Å². The fourth-order valence-electron chi connectivity index (χ4n) is 1.61. The van der Waals surface area contributed by atoms with Crippen LogP contribution in [0.1, 0.15) is 12.7 Å². The molecule has 0 aliphatic heterocycles. The Labute approximate surface area is 90.5 Å². The summed E-state index contributed by atoms with van der Waals surface area (Å²) < 4.78 is 5.76. The fraction of sp³-hybridized carbons (Fsp3) is 0.385. The minimum Gasteiger partial charge on any atom is -0.461 e. The monoisotopic (exact) mass is 203 g/mol. The lowest BCUT2D eigenvalue weighted by Gasteiger charge is -2.17. The molecule has 0 saturated heterocycles. The molecule has 1 atom stereocenters. The first-order chi connectivity index (χ1) is 7.16. The molecule has 2 rings (SSSR count). The number of likely N-dealkylation sites (N-methyl/N-ethyl adjacent to an activating group) is 1. The Hall–Kier alpha value is -1.28. The summed E-state index contributed by atoms with van der Waals surface area (Å²) in [7, 11) is 4.18. The van der Waals surface area contributed by atoms with Crippen LogP contribution in [0.15, 0.2) is 34.7 Å². The highest BCUT2D eigenvalue weighted by Crippen LogP contribution is 2.20. The topological polar surface area (TPSA) is 16.4 Å². The van der Waals surface area contributed by atoms with Gasteiger partial charge in [0.25, 0.3) is 0 Å². The highest BCUT2D eigenvalue weighted by molar-refractivity contribution is 5.77. The molecule has 0 N–H and O–H groups in total. The standard InChI is InChI=1S/C13H17NO/c1-10(14(2)3)8-12-9-11-6-4-5-7-13(11)15-12/h4-7,9-10H,8H2,1-3H3. The van der Waals surface area contributed by atoms with Crippen LogP contribution in [0.2, 0.25) is 0 Å². The largest absolute Gasteiger partial charge is 0.461 e. The third-order valence-electron chi connectivity index (χ3n) is 2.85. The van der Waals surface area contributed by atoms with E-state index in [1.807, 2.05) is 18.2 Å². The predicted molar refractivity (Wildman–Crippen MR) is 63.1 cm³/mol. The van der Waals surface area contributed by atoms with E-state index in [0.29, 0.717) is 6.04 Å². The van der Waals surface area contributed by atoms with Crippen molar-refractivity contribution in [2.45, 2.75) is 19.4 Å². The highest BCUT2D eigenvalue weighted by Gasteiger charge is 2.09. The van der Waals surface area contributed by atoms with Gasteiger partial charge in [0.15, 0.2) is 0 Å². The van der Waals surface area contributed by atoms with E-state index in [9.17, 15) is 0 Å². The van der Waals surface area contributed by atoms with Crippen LogP contribution in [-0.4, -0.2) is 25.0 Å². The lowest BCUT2D eigenvalue weighted by molar-refractivity contribution is 0.299. The maximum absolute atomic E-state index is 5.76. The Morgan fingerprint density at radius 3 is 2.67 bits per heavy atom. The maximum atomic E-state index is 5.76. The summed E-state index contributed by atoms with van der Waals surface area (Å²) >= 11 is 0. The number of rotatable bonds is 3. The van der Waals surface area contributed by atoms with Gasteiger partial charge in [0, 0.05) is 17.8 Å². The van der Waals surface area contributed by atoms with E-state index >= 15 is 0 Å². The van der Waals surface area contributed by atoms with Gasteiger partial charge in [-0.2, -0.15) is 0 Å². The van der Waals surface area contributed by atoms with Gasteiger partial charge >= 0.3 is 0 Å². The molecule has 0 fully saturated rings. The average molecular weight is 203 g/mol. The minimum atomic E-state index is 0.505. The van der Waals surface area contributed by atoms with Crippen molar-refractivity contribution < 1.29 is 4.42 Å². The Balaban J connectivity index is 2.22. The van der Waals surface area contributed by atoms with Crippen LogP contribution in [0.5, 0.6) is 0 Å². The van der Waals surface area contributed by atoms with Crippen LogP contribution in [0.4, 0.5) is 0 Å². The second kappa shape index (κ2) is 4.07. The van der Waals surface area contributed by atoms with Crippen molar-refractivity contribution in [2.24, 2.45) is 0 Å². The van der Waals surface area contributed by atoms with Gasteiger partial charge in [-0.05, 0) is 33.2 Å². The van der Waals surface area contributed by atoms with E-state index in [1.54, 1.807) is 0 Å². The normalized spacial score (nSPS) is 13.6. The molecule has 0 radical (unpaired) electrons. The third-order valence-corrected chi connectivity index (χ3v) is 2.85. The van der Waals surface area contributed by atoms with Gasteiger partial charge in [-0.3, -0.25) is 0 Å². The third kappa shape index (κ3) is 2.21. The molecule has 1 unspecified atom stereocenters. The molecule has 2 nitrogen and oxygen atoms in total. The fourth-order valence-corrected chi connectivity index (χ4v) is 1.61. The van der Waals surface area contributed by atoms with Gasteiger partial charge in [-0.15, -0.1) is 0 Å². The molecule has 15 heavy (non-hydrogen) atoms. The first-order valence-corrected chi connectivity index (χ1v) is 5.30. The molecule has 0 bridgehead atoms. The summed E-state index contributed by atoms with van der Waals surface area (Å²) in [5.74, 6) is 1.07. The number of benzene rings is 1. The van der Waals surface area contributed by atoms with Gasteiger partial charge in [-0.1, -0.05) is 18.2 Å². The number of furan rings is 1. The quantitative estimate of drug-likeness (QED) is 0.762. The smallest absolute Gasteiger partial charge is 0.134 e. The maximum Gasteiger partial charge on any atom is 0.134 e. The molecule has 1 aromatic carbocycles. The average Bonchev–Trinajstić information content (AvgIpc) is 2.59. The van der Waals surface area contributed by atoms with Crippen LogP contribution >= 0.6 is 0 Å². The van der Waals surface area contributed by atoms with Gasteiger partial charge in [0.05, 0.1) is 0 Å². The van der Waals surface area contributed by atoms with Crippen LogP contribution < -0.4 is 0 Å². The molecular formula is C13H17NO. The second-order valence-corrected chi connectivity index (χ2v) is 4.27. The van der Waals surface area contributed by atoms with Crippen molar-refractivity contribution in [1.29, 1.82) is 0 Å². The number of nitrogens with zero attached hydrogens (tertiary/aromatic N) is 1. The zero-order valence-corrected chi connectivity index (χ0v) is 9.53. The van der Waals surface area contributed by atoms with Crippen molar-refractivity contribution >= 4 is 11.0 Å². The molecule has 1 heterocycles. The SMILES string of the molecule is CC(Cc1cc2ccccc2o1)N(C)C. The summed E-state index contributed by atoms with van der Waals surface area (Å²) in [6, 6.07) is 10.8. The molecule has 0 spiro atoms. The Kier molecular flexibility index (Phi) is 2.78. The van der Waals surface area contributed by atoms with Crippen molar-refractivity contribution in [2.75, 3.05) is 14.1 Å². The molecule has 2 heteroatoms. The number of hydrogen-bond acceptors (Lipinski definition) is 2. The number of fused-ring (bicyclic) bond motifs is 1. The van der Waals surface area contributed by atoms with Crippen molar-refractivity contribution in [3.63, 3.8) is 0 Å². The van der Waals surface area contributed by atoms with Gasteiger partial charge in [0.1, 0.15) is 11.3 Å². The Bertz CT molecular complexity index is 411. The molecule has 1 aromatic heterocycles. The predicted octanol–water partition coefficient (Wildman–Crippen LogP) is 2.93. The minimum absolute atomic E-state index is 0.505. The Morgan fingerprint density at radius 1 is 1.27 bits per heavy atom. The molecular weight excluding hydrogens is 186 g/mol. The van der Waals surface area contributed by atoms with E-state index in [1.165, 1.54) is 5.39 Å². The number of para-hydroxylation sites is 1. The van der Waals surface area contributed by atoms with Crippen LogP contribution in [-0.2, 0) is 6.42 Å². The molecule has 0 aliphatic rings. The van der Waals surface area contributed by atoms with E-state index in [0.717, 1.165) is 17.8 Å². The van der Waals surface area contributed by atoms with Gasteiger partial charge < -0.3 is 9.32 Å². The summed E-state index contributed by atoms with van der Waals surface area (Å²) in [5, 5.41) is 1.19. The van der Waals surface area contributed by atoms with Gasteiger partial charge in [-0.25, -0.2) is 0 Å². The summed E-state index contributed by atoms with van der Waals surface area (Å²) in [6.45, 7) is 2.20. The lowest BCUT2D eigenvalue weighted by atomic mass is 10.1. The highest BCUT2D eigenvalue weighted by atomic mass is 16.3. The van der Waals surface area contributed by atoms with E-state index in [4.69, 9.17) is 4.42 Å². The lowest BCUT2D eigenvalue weighted by Crippen LogP contribution is -2.26. The molecule has 0 saturated carbocycles. The zero-order chi connectivity index (χ0) is 10.8. The summed E-state index contributed by atoms with van der Waals surface area (Å²) in [6.07, 6.45) is 0.960. The Morgan fingerprint density at radius 2 is 2.00 bits per heavy atom. The van der Waals surface area contributed by atoms with Crippen LogP contribution in [0.3, 0.4) is 0 Å².